The highest BCUT2D eigenvalue weighted by molar-refractivity contribution is 6.32. The molecule has 82 valence electrons. The number of halogens is 1. The number of anilines is 1. The molecule has 0 bridgehead atoms. The van der Waals surface area contributed by atoms with Crippen LogP contribution in [0.3, 0.4) is 0 Å². The zero-order chi connectivity index (χ0) is 10.8. The molecule has 0 saturated carbocycles. The van der Waals surface area contributed by atoms with Gasteiger partial charge in [0.1, 0.15) is 5.75 Å². The highest BCUT2D eigenvalue weighted by atomic mass is 35.5. The number of hydrogen-bond acceptors (Lipinski definition) is 3. The van der Waals surface area contributed by atoms with Gasteiger partial charge in [-0.15, -0.1) is 0 Å². The van der Waals surface area contributed by atoms with E-state index in [1.807, 2.05) is 12.1 Å². The first-order valence-corrected chi connectivity index (χ1v) is 5.33. The number of benzene rings is 1. The van der Waals surface area contributed by atoms with Crippen molar-refractivity contribution >= 4 is 17.3 Å². The fraction of sp³-hybridized carbons (Fsp3) is 0.455. The predicted octanol–water partition coefficient (Wildman–Crippen LogP) is 1.93. The molecule has 2 rings (SSSR count). The summed E-state index contributed by atoms with van der Waals surface area (Å²) in [4.78, 5) is 0. The Hall–Kier alpha value is -0.930. The topological polar surface area (TPSA) is 41.5 Å². The molecule has 1 atom stereocenters. The molecule has 1 unspecified atom stereocenters. The second-order valence-corrected chi connectivity index (χ2v) is 4.18. The molecular formula is C11H14ClNO2. The van der Waals surface area contributed by atoms with Gasteiger partial charge >= 0.3 is 0 Å². The van der Waals surface area contributed by atoms with Crippen LogP contribution in [0.2, 0.25) is 5.02 Å². The molecule has 1 aliphatic heterocycles. The number of methoxy groups -OCH3 is 1. The van der Waals surface area contributed by atoms with Crippen molar-refractivity contribution in [1.29, 1.82) is 0 Å². The Bertz CT molecular complexity index is 368. The molecule has 1 aromatic rings. The third kappa shape index (κ3) is 2.03. The highest BCUT2D eigenvalue weighted by Gasteiger charge is 2.19. The highest BCUT2D eigenvalue weighted by Crippen LogP contribution is 2.34. The van der Waals surface area contributed by atoms with E-state index < -0.39 is 0 Å². The summed E-state index contributed by atoms with van der Waals surface area (Å²) in [7, 11) is 1.60. The minimum absolute atomic E-state index is 0.206. The van der Waals surface area contributed by atoms with Crippen molar-refractivity contribution in [3.8, 4) is 5.75 Å². The first kappa shape index (κ1) is 10.6. The monoisotopic (exact) mass is 227 g/mol. The van der Waals surface area contributed by atoms with Gasteiger partial charge in [-0.3, -0.25) is 0 Å². The molecule has 1 heterocycles. The predicted molar refractivity (Wildman–Crippen MR) is 60.8 cm³/mol. The molecule has 0 fully saturated rings. The zero-order valence-corrected chi connectivity index (χ0v) is 9.34. The van der Waals surface area contributed by atoms with Crippen LogP contribution >= 0.6 is 11.6 Å². The standard InChI is InChI=1S/C11H14ClNO2/c1-15-11-3-8-2-7(6-14)5-13-10(8)4-9(11)12/h3-4,7,13-14H,2,5-6H2,1H3. The fourth-order valence-electron chi connectivity index (χ4n) is 1.85. The summed E-state index contributed by atoms with van der Waals surface area (Å²) in [5, 5.41) is 13.0. The minimum atomic E-state index is 0.206. The Labute approximate surface area is 94.0 Å². The number of rotatable bonds is 2. The molecular weight excluding hydrogens is 214 g/mol. The van der Waals surface area contributed by atoms with Gasteiger partial charge in [0.15, 0.2) is 0 Å². The van der Waals surface area contributed by atoms with E-state index in [1.165, 1.54) is 0 Å². The summed E-state index contributed by atoms with van der Waals surface area (Å²) < 4.78 is 5.16. The van der Waals surface area contributed by atoms with Crippen molar-refractivity contribution in [3.63, 3.8) is 0 Å². The smallest absolute Gasteiger partial charge is 0.137 e. The molecule has 1 aliphatic rings. The number of fused-ring (bicyclic) bond motifs is 1. The Morgan fingerprint density at radius 1 is 1.60 bits per heavy atom. The van der Waals surface area contributed by atoms with E-state index in [-0.39, 0.29) is 12.5 Å². The number of ether oxygens (including phenoxy) is 1. The van der Waals surface area contributed by atoms with Crippen LogP contribution in [0.4, 0.5) is 5.69 Å². The summed E-state index contributed by atoms with van der Waals surface area (Å²) >= 11 is 6.02. The van der Waals surface area contributed by atoms with Crippen LogP contribution in [0.15, 0.2) is 12.1 Å². The van der Waals surface area contributed by atoms with Gasteiger partial charge in [-0.25, -0.2) is 0 Å². The van der Waals surface area contributed by atoms with E-state index in [4.69, 9.17) is 21.4 Å². The molecule has 0 aliphatic carbocycles. The number of aliphatic hydroxyl groups is 1. The molecule has 0 aromatic heterocycles. The number of aliphatic hydroxyl groups excluding tert-OH is 1. The molecule has 0 saturated heterocycles. The minimum Gasteiger partial charge on any atom is -0.495 e. The van der Waals surface area contributed by atoms with Gasteiger partial charge in [0.2, 0.25) is 0 Å². The summed E-state index contributed by atoms with van der Waals surface area (Å²) in [6, 6.07) is 3.82. The average Bonchev–Trinajstić information content (AvgIpc) is 2.27. The van der Waals surface area contributed by atoms with Crippen molar-refractivity contribution in [2.75, 3.05) is 25.6 Å². The van der Waals surface area contributed by atoms with Crippen LogP contribution in [-0.2, 0) is 6.42 Å². The third-order valence-corrected chi connectivity index (χ3v) is 3.02. The van der Waals surface area contributed by atoms with Crippen LogP contribution in [0.5, 0.6) is 5.75 Å². The van der Waals surface area contributed by atoms with Crippen molar-refractivity contribution in [3.05, 3.63) is 22.7 Å². The van der Waals surface area contributed by atoms with E-state index in [0.29, 0.717) is 10.8 Å². The van der Waals surface area contributed by atoms with Gasteiger partial charge < -0.3 is 15.2 Å². The molecule has 1 aromatic carbocycles. The molecule has 0 radical (unpaired) electrons. The quantitative estimate of drug-likeness (QED) is 0.811. The maximum atomic E-state index is 9.10. The second kappa shape index (κ2) is 4.29. The Morgan fingerprint density at radius 3 is 3.07 bits per heavy atom. The maximum absolute atomic E-state index is 9.10. The number of nitrogens with one attached hydrogen (secondary N) is 1. The van der Waals surface area contributed by atoms with Crippen molar-refractivity contribution in [1.82, 2.24) is 0 Å². The van der Waals surface area contributed by atoms with Crippen LogP contribution in [-0.4, -0.2) is 25.4 Å². The van der Waals surface area contributed by atoms with Crippen molar-refractivity contribution < 1.29 is 9.84 Å². The fourth-order valence-corrected chi connectivity index (χ4v) is 2.09. The van der Waals surface area contributed by atoms with Crippen LogP contribution < -0.4 is 10.1 Å². The van der Waals surface area contributed by atoms with Gasteiger partial charge in [-0.1, -0.05) is 11.6 Å². The summed E-state index contributed by atoms with van der Waals surface area (Å²) in [5.74, 6) is 0.971. The molecule has 2 N–H and O–H groups in total. The van der Waals surface area contributed by atoms with Gasteiger partial charge in [0.05, 0.1) is 12.1 Å². The maximum Gasteiger partial charge on any atom is 0.137 e. The first-order valence-electron chi connectivity index (χ1n) is 4.95. The zero-order valence-electron chi connectivity index (χ0n) is 8.59. The normalized spacial score (nSPS) is 19.3. The lowest BCUT2D eigenvalue weighted by molar-refractivity contribution is 0.230. The van der Waals surface area contributed by atoms with Gasteiger partial charge in [0, 0.05) is 24.8 Å². The van der Waals surface area contributed by atoms with Gasteiger partial charge in [-0.05, 0) is 24.1 Å². The molecule has 3 nitrogen and oxygen atoms in total. The molecule has 0 spiro atoms. The Balaban J connectivity index is 2.33. The van der Waals surface area contributed by atoms with E-state index in [0.717, 1.165) is 24.2 Å². The summed E-state index contributed by atoms with van der Waals surface area (Å²) in [5.41, 5.74) is 2.20. The van der Waals surface area contributed by atoms with Gasteiger partial charge in [-0.2, -0.15) is 0 Å². The van der Waals surface area contributed by atoms with Crippen LogP contribution in [0, 0.1) is 5.92 Å². The van der Waals surface area contributed by atoms with E-state index in [9.17, 15) is 0 Å². The van der Waals surface area contributed by atoms with Crippen LogP contribution in [0.1, 0.15) is 5.56 Å². The van der Waals surface area contributed by atoms with Crippen molar-refractivity contribution in [2.45, 2.75) is 6.42 Å². The van der Waals surface area contributed by atoms with E-state index in [2.05, 4.69) is 5.32 Å². The van der Waals surface area contributed by atoms with Crippen LogP contribution in [0.25, 0.3) is 0 Å². The lowest BCUT2D eigenvalue weighted by atomic mass is 9.94. The Morgan fingerprint density at radius 2 is 2.40 bits per heavy atom. The lowest BCUT2D eigenvalue weighted by Crippen LogP contribution is -2.25. The number of hydrogen-bond donors (Lipinski definition) is 2. The summed E-state index contributed by atoms with van der Waals surface area (Å²) in [6.45, 7) is 1.00. The molecule has 4 heteroatoms. The first-order chi connectivity index (χ1) is 7.24. The third-order valence-electron chi connectivity index (χ3n) is 2.73. The Kier molecular flexibility index (Phi) is 3.03. The molecule has 15 heavy (non-hydrogen) atoms. The largest absolute Gasteiger partial charge is 0.495 e. The average molecular weight is 228 g/mol. The second-order valence-electron chi connectivity index (χ2n) is 3.78. The summed E-state index contributed by atoms with van der Waals surface area (Å²) in [6.07, 6.45) is 0.867. The van der Waals surface area contributed by atoms with E-state index >= 15 is 0 Å². The van der Waals surface area contributed by atoms with Gasteiger partial charge in [0.25, 0.3) is 0 Å². The molecule has 0 amide bonds. The lowest BCUT2D eigenvalue weighted by Gasteiger charge is -2.25. The SMILES string of the molecule is COc1cc2c(cc1Cl)NCC(CO)C2. The van der Waals surface area contributed by atoms with Crippen molar-refractivity contribution in [2.24, 2.45) is 5.92 Å². The van der Waals surface area contributed by atoms with E-state index in [1.54, 1.807) is 7.11 Å².